The summed E-state index contributed by atoms with van der Waals surface area (Å²) >= 11 is 0. The second-order valence-electron chi connectivity index (χ2n) is 13.3. The normalized spacial score (nSPS) is 28.9. The summed E-state index contributed by atoms with van der Waals surface area (Å²) in [5, 5.41) is 10.6. The first-order chi connectivity index (χ1) is 22.2. The molecule has 1 amide bonds. The molecule has 0 unspecified atom stereocenters. The van der Waals surface area contributed by atoms with E-state index < -0.39 is 40.1 Å². The number of aliphatic hydroxyl groups is 1. The van der Waals surface area contributed by atoms with E-state index in [9.17, 15) is 27.5 Å². The summed E-state index contributed by atoms with van der Waals surface area (Å²) in [6, 6.07) is 4.36. The highest BCUT2D eigenvalue weighted by molar-refractivity contribution is 7.88. The van der Waals surface area contributed by atoms with Crippen LogP contribution in [0.15, 0.2) is 35.9 Å². The van der Waals surface area contributed by atoms with Crippen LogP contribution in [-0.4, -0.2) is 117 Å². The van der Waals surface area contributed by atoms with Crippen molar-refractivity contribution in [3.05, 3.63) is 47.3 Å². The number of piperidine rings is 1. The van der Waals surface area contributed by atoms with E-state index in [1.807, 2.05) is 33.0 Å². The number of cyclic esters (lactones) is 1. The van der Waals surface area contributed by atoms with Gasteiger partial charge in [0.25, 0.3) is 0 Å². The maximum absolute atomic E-state index is 14.7. The van der Waals surface area contributed by atoms with Crippen molar-refractivity contribution in [1.82, 2.24) is 14.1 Å². The number of sulfonamides is 1. The Morgan fingerprint density at radius 3 is 2.36 bits per heavy atom. The maximum atomic E-state index is 14.7. The number of carbonyl (C=O) groups excluding carboxylic acids is 2. The van der Waals surface area contributed by atoms with Crippen LogP contribution in [0.25, 0.3) is 6.08 Å². The van der Waals surface area contributed by atoms with E-state index >= 15 is 0 Å². The molecule has 0 radical (unpaired) electrons. The third-order valence-electron chi connectivity index (χ3n) is 9.17. The Labute approximate surface area is 278 Å². The molecule has 0 aliphatic carbocycles. The number of piperazine rings is 1. The first kappa shape index (κ1) is 36.8. The Kier molecular flexibility index (Phi) is 12.9. The Bertz CT molecular complexity index is 1400. The van der Waals surface area contributed by atoms with Crippen LogP contribution in [0.5, 0.6) is 5.75 Å². The lowest BCUT2D eigenvalue weighted by molar-refractivity contribution is -0.151. The number of carbonyl (C=O) groups is 2. The minimum absolute atomic E-state index is 0.0978. The molecule has 262 valence electrons. The van der Waals surface area contributed by atoms with Crippen LogP contribution < -0.4 is 4.74 Å². The summed E-state index contributed by atoms with van der Waals surface area (Å²) in [5.41, 5.74) is 1.16. The third-order valence-corrected chi connectivity index (χ3v) is 10.5. The molecular weight excluding hydrogens is 629 g/mol. The van der Waals surface area contributed by atoms with E-state index in [2.05, 4.69) is 4.90 Å². The van der Waals surface area contributed by atoms with Gasteiger partial charge in [-0.1, -0.05) is 26.0 Å². The number of rotatable bonds is 6. The number of esters is 1. The van der Waals surface area contributed by atoms with Crippen LogP contribution >= 0.6 is 0 Å². The predicted octanol–water partition coefficient (Wildman–Crippen LogP) is 4.07. The van der Waals surface area contributed by atoms with Gasteiger partial charge in [-0.15, -0.1) is 0 Å². The number of ether oxygens (including phenoxy) is 3. The number of benzene rings is 1. The van der Waals surface area contributed by atoms with Gasteiger partial charge in [0.2, 0.25) is 10.0 Å². The predicted molar refractivity (Wildman–Crippen MR) is 177 cm³/mol. The molecule has 1 aromatic carbocycles. The molecule has 3 heterocycles. The number of hydrogen-bond donors (Lipinski definition) is 1. The fourth-order valence-electron chi connectivity index (χ4n) is 6.18. The molecule has 3 aliphatic rings. The molecule has 1 aromatic rings. The fourth-order valence-corrected chi connectivity index (χ4v) is 7.06. The van der Waals surface area contributed by atoms with Gasteiger partial charge >= 0.3 is 12.1 Å². The van der Waals surface area contributed by atoms with E-state index in [-0.39, 0.29) is 30.5 Å². The summed E-state index contributed by atoms with van der Waals surface area (Å²) in [5.74, 6) is -1.15. The van der Waals surface area contributed by atoms with Gasteiger partial charge in [-0.05, 0) is 74.9 Å². The van der Waals surface area contributed by atoms with Gasteiger partial charge in [0, 0.05) is 51.3 Å². The second-order valence-corrected chi connectivity index (χ2v) is 15.3. The molecule has 0 saturated carbocycles. The number of halogens is 1. The van der Waals surface area contributed by atoms with Crippen LogP contribution in [0.1, 0.15) is 58.4 Å². The van der Waals surface area contributed by atoms with Crippen molar-refractivity contribution >= 4 is 28.2 Å². The van der Waals surface area contributed by atoms with Gasteiger partial charge in [-0.3, -0.25) is 4.79 Å². The van der Waals surface area contributed by atoms with Gasteiger partial charge < -0.3 is 29.1 Å². The second kappa shape index (κ2) is 16.4. The van der Waals surface area contributed by atoms with Gasteiger partial charge in [0.05, 0.1) is 18.8 Å². The number of amides is 1. The van der Waals surface area contributed by atoms with Crippen molar-refractivity contribution in [1.29, 1.82) is 0 Å². The molecular formula is C34H50FN3O8S. The summed E-state index contributed by atoms with van der Waals surface area (Å²) < 4.78 is 57.8. The Morgan fingerprint density at radius 2 is 1.70 bits per heavy atom. The third kappa shape index (κ3) is 11.0. The summed E-state index contributed by atoms with van der Waals surface area (Å²) in [7, 11) is -1.26. The van der Waals surface area contributed by atoms with Gasteiger partial charge in [0.15, 0.2) is 0 Å². The monoisotopic (exact) mass is 679 g/mol. The van der Waals surface area contributed by atoms with Crippen molar-refractivity contribution in [3.63, 3.8) is 0 Å². The van der Waals surface area contributed by atoms with E-state index in [0.29, 0.717) is 68.7 Å². The average molecular weight is 680 g/mol. The molecule has 0 bridgehead atoms. The topological polar surface area (TPSA) is 126 Å². The zero-order valence-corrected chi connectivity index (χ0v) is 29.0. The minimum Gasteiger partial charge on any atom is -0.490 e. The van der Waals surface area contributed by atoms with Gasteiger partial charge in [-0.2, -0.15) is 0 Å². The van der Waals surface area contributed by atoms with Crippen molar-refractivity contribution in [2.24, 2.45) is 11.8 Å². The fraction of sp³-hybridized carbons (Fsp3) is 0.647. The van der Waals surface area contributed by atoms with Crippen molar-refractivity contribution in [2.75, 3.05) is 52.6 Å². The summed E-state index contributed by atoms with van der Waals surface area (Å²) in [6.45, 7) is 9.06. The van der Waals surface area contributed by atoms with Crippen LogP contribution in [-0.2, 0) is 24.3 Å². The van der Waals surface area contributed by atoms with Crippen molar-refractivity contribution in [2.45, 2.75) is 77.3 Å². The highest BCUT2D eigenvalue weighted by Gasteiger charge is 2.30. The molecule has 0 aromatic heterocycles. The first-order valence-electron chi connectivity index (χ1n) is 16.5. The highest BCUT2D eigenvalue weighted by atomic mass is 32.2. The molecule has 4 rings (SSSR count). The quantitative estimate of drug-likeness (QED) is 0.350. The molecule has 2 saturated heterocycles. The molecule has 1 N–H and O–H groups in total. The zero-order valence-electron chi connectivity index (χ0n) is 28.1. The van der Waals surface area contributed by atoms with Crippen LogP contribution in [0, 0.1) is 17.7 Å². The number of aliphatic hydroxyl groups excluding tert-OH is 1. The van der Waals surface area contributed by atoms with Gasteiger partial charge in [-0.25, -0.2) is 21.9 Å². The van der Waals surface area contributed by atoms with E-state index in [1.54, 1.807) is 24.0 Å². The van der Waals surface area contributed by atoms with Crippen LogP contribution in [0.4, 0.5) is 9.18 Å². The molecule has 2 fully saturated rings. The van der Waals surface area contributed by atoms with E-state index in [0.717, 1.165) is 13.1 Å². The lowest BCUT2D eigenvalue weighted by Crippen LogP contribution is -2.48. The van der Waals surface area contributed by atoms with Crippen molar-refractivity contribution < 1.29 is 41.7 Å². The first-order valence-corrected chi connectivity index (χ1v) is 18.3. The average Bonchev–Trinajstić information content (AvgIpc) is 2.99. The molecule has 3 aliphatic heterocycles. The SMILES string of the molecule is C/C(=C\c1cc(F)cc(OC2CCN(S(C)(=O)=O)CC2)c1)[C@H]1OC(=O)C[C@H](O)CC[C@H](C)[C@@H](OC(=O)N2CCN(C)CC2)/C=C\[C@@H]1C. The standard InChI is InChI=1S/C34H50FN3O8S/c1-23-6-8-28(39)22-32(40)46-33(24(2)7-9-31(23)45-34(41)37-16-14-36(4)15-17-37)25(3)18-26-19-27(35)21-30(20-26)44-29-10-12-38(13-11-29)47(5,42)43/h7,9,18-21,23-24,28-29,31,33,39H,6,8,10-17,22H2,1-5H3/b9-7-,25-18+/t23-,24-,28+,31-,33-/m0/s1. The van der Waals surface area contributed by atoms with Crippen LogP contribution in [0.3, 0.4) is 0 Å². The summed E-state index contributed by atoms with van der Waals surface area (Å²) in [6.07, 6.45) is 5.56. The number of nitrogens with zero attached hydrogens (tertiary/aromatic N) is 3. The summed E-state index contributed by atoms with van der Waals surface area (Å²) in [4.78, 5) is 29.8. The molecule has 5 atom stereocenters. The maximum Gasteiger partial charge on any atom is 0.410 e. The number of hydrogen-bond acceptors (Lipinski definition) is 9. The lowest BCUT2D eigenvalue weighted by atomic mass is 9.91. The van der Waals surface area contributed by atoms with E-state index in [1.165, 1.54) is 22.7 Å². The molecule has 13 heteroatoms. The Hall–Kier alpha value is -3.00. The molecule has 0 spiro atoms. The largest absolute Gasteiger partial charge is 0.490 e. The zero-order chi connectivity index (χ0) is 34.3. The lowest BCUT2D eigenvalue weighted by Gasteiger charge is -2.33. The molecule has 11 nitrogen and oxygen atoms in total. The molecule has 47 heavy (non-hydrogen) atoms. The van der Waals surface area contributed by atoms with E-state index in [4.69, 9.17) is 14.2 Å². The van der Waals surface area contributed by atoms with Gasteiger partial charge in [0.1, 0.15) is 29.9 Å². The number of likely N-dealkylation sites (N-methyl/N-ethyl adjacent to an activating group) is 1. The van der Waals surface area contributed by atoms with Crippen molar-refractivity contribution in [3.8, 4) is 5.75 Å². The minimum atomic E-state index is -3.27. The smallest absolute Gasteiger partial charge is 0.410 e. The van der Waals surface area contributed by atoms with Crippen LogP contribution in [0.2, 0.25) is 0 Å². The Morgan fingerprint density at radius 1 is 1.02 bits per heavy atom. The Balaban J connectivity index is 1.51. The highest BCUT2D eigenvalue weighted by Crippen LogP contribution is 2.28.